The zero-order valence-electron chi connectivity index (χ0n) is 16.4. The second-order valence-corrected chi connectivity index (χ2v) is 6.85. The van der Waals surface area contributed by atoms with Gasteiger partial charge in [0.2, 0.25) is 5.91 Å². The minimum atomic E-state index is -0.361. The molecule has 0 aliphatic rings. The summed E-state index contributed by atoms with van der Waals surface area (Å²) in [5.41, 5.74) is 1.35. The van der Waals surface area contributed by atoms with Crippen molar-refractivity contribution in [3.05, 3.63) is 29.7 Å². The van der Waals surface area contributed by atoms with Crippen molar-refractivity contribution in [1.29, 1.82) is 0 Å². The number of nitrogens with one attached hydrogen (secondary N) is 1. The van der Waals surface area contributed by atoms with E-state index in [1.54, 1.807) is 17.9 Å². The first-order chi connectivity index (χ1) is 13.0. The third-order valence-corrected chi connectivity index (χ3v) is 4.96. The maximum Gasteiger partial charge on any atom is 0.227 e. The fourth-order valence-corrected chi connectivity index (χ4v) is 3.19. The number of carbonyl (C=O) groups is 1. The third kappa shape index (κ3) is 5.49. The normalized spacial score (nSPS) is 13.7. The average Bonchev–Trinajstić information content (AvgIpc) is 3.09. The Bertz CT molecular complexity index is 734. The number of nitrogens with zero attached hydrogens (tertiary/aromatic N) is 2. The molecule has 2 unspecified atom stereocenters. The zero-order valence-corrected chi connectivity index (χ0v) is 16.4. The molecule has 1 aromatic carbocycles. The number of hydrogen-bond donors (Lipinski definition) is 2. The Balaban J connectivity index is 1.83. The quantitative estimate of drug-likeness (QED) is 0.587. The van der Waals surface area contributed by atoms with E-state index in [-0.39, 0.29) is 30.2 Å². The fraction of sp³-hybridized carbons (Fsp3) is 0.600. The van der Waals surface area contributed by atoms with Gasteiger partial charge in [-0.2, -0.15) is 0 Å². The molecule has 2 rings (SSSR count). The molecule has 0 saturated heterocycles. The lowest BCUT2D eigenvalue weighted by atomic mass is 9.96. The Morgan fingerprint density at radius 1 is 1.37 bits per heavy atom. The van der Waals surface area contributed by atoms with Gasteiger partial charge in [0.05, 0.1) is 18.2 Å². The maximum absolute atomic E-state index is 13.3. The first kappa shape index (κ1) is 21.3. The van der Waals surface area contributed by atoms with Gasteiger partial charge in [-0.25, -0.2) is 4.39 Å². The molecule has 0 bridgehead atoms. The summed E-state index contributed by atoms with van der Waals surface area (Å²) in [6, 6.07) is 4.51. The Labute approximate surface area is 159 Å². The number of aliphatic hydroxyl groups excluding tert-OH is 1. The van der Waals surface area contributed by atoms with E-state index < -0.39 is 0 Å². The highest BCUT2D eigenvalue weighted by Gasteiger charge is 2.19. The lowest BCUT2D eigenvalue weighted by molar-refractivity contribution is -0.135. The van der Waals surface area contributed by atoms with Crippen LogP contribution in [-0.2, 0) is 4.79 Å². The topological polar surface area (TPSA) is 78.6 Å². The Morgan fingerprint density at radius 3 is 2.81 bits per heavy atom. The van der Waals surface area contributed by atoms with Crippen LogP contribution in [0, 0.1) is 11.7 Å². The molecular weight excluding hydrogens is 349 g/mol. The molecule has 150 valence electrons. The predicted molar refractivity (Wildman–Crippen MR) is 103 cm³/mol. The molecule has 2 aromatic rings. The van der Waals surface area contributed by atoms with Crippen LogP contribution in [0.5, 0.6) is 0 Å². The van der Waals surface area contributed by atoms with Crippen LogP contribution in [0.2, 0.25) is 0 Å². The molecule has 0 fully saturated rings. The summed E-state index contributed by atoms with van der Waals surface area (Å²) in [6.45, 7) is 8.37. The van der Waals surface area contributed by atoms with E-state index in [0.717, 1.165) is 30.5 Å². The van der Waals surface area contributed by atoms with E-state index in [1.807, 2.05) is 6.92 Å². The van der Waals surface area contributed by atoms with Crippen molar-refractivity contribution in [1.82, 2.24) is 15.4 Å². The van der Waals surface area contributed by atoms with Gasteiger partial charge in [-0.05, 0) is 38.4 Å². The van der Waals surface area contributed by atoms with Gasteiger partial charge in [0.25, 0.3) is 0 Å². The smallest absolute Gasteiger partial charge is 0.227 e. The van der Waals surface area contributed by atoms with Crippen LogP contribution in [-0.4, -0.2) is 53.9 Å². The monoisotopic (exact) mass is 379 g/mol. The van der Waals surface area contributed by atoms with Gasteiger partial charge in [0, 0.05) is 37.0 Å². The second-order valence-electron chi connectivity index (χ2n) is 6.85. The van der Waals surface area contributed by atoms with Crippen molar-refractivity contribution < 1.29 is 18.8 Å². The highest BCUT2D eigenvalue weighted by Crippen LogP contribution is 2.29. The van der Waals surface area contributed by atoms with Gasteiger partial charge in [-0.3, -0.25) is 4.79 Å². The fourth-order valence-electron chi connectivity index (χ4n) is 3.19. The second kappa shape index (κ2) is 10.4. The van der Waals surface area contributed by atoms with Crippen molar-refractivity contribution in [3.8, 4) is 0 Å². The number of likely N-dealkylation sites (N-methyl/N-ethyl adjacent to an activating group) is 1. The third-order valence-electron chi connectivity index (χ3n) is 4.96. The summed E-state index contributed by atoms with van der Waals surface area (Å²) in [6.07, 6.45) is 1.79. The molecule has 1 aromatic heterocycles. The van der Waals surface area contributed by atoms with Crippen LogP contribution in [0.25, 0.3) is 11.0 Å². The highest BCUT2D eigenvalue weighted by atomic mass is 19.1. The van der Waals surface area contributed by atoms with Gasteiger partial charge >= 0.3 is 0 Å². The van der Waals surface area contributed by atoms with E-state index in [0.29, 0.717) is 25.2 Å². The van der Waals surface area contributed by atoms with Crippen LogP contribution in [0.3, 0.4) is 0 Å². The first-order valence-electron chi connectivity index (χ1n) is 9.66. The average molecular weight is 379 g/mol. The van der Waals surface area contributed by atoms with Crippen molar-refractivity contribution in [3.63, 3.8) is 0 Å². The first-order valence-corrected chi connectivity index (χ1v) is 9.66. The molecule has 0 spiro atoms. The van der Waals surface area contributed by atoms with Gasteiger partial charge in [-0.1, -0.05) is 19.0 Å². The molecule has 7 heteroatoms. The molecule has 2 N–H and O–H groups in total. The minimum absolute atomic E-state index is 0.0190. The summed E-state index contributed by atoms with van der Waals surface area (Å²) in [4.78, 5) is 13.9. The van der Waals surface area contributed by atoms with Crippen LogP contribution in [0.1, 0.15) is 45.2 Å². The molecule has 0 aliphatic carbocycles. The van der Waals surface area contributed by atoms with Crippen molar-refractivity contribution >= 4 is 16.9 Å². The van der Waals surface area contributed by atoms with Crippen molar-refractivity contribution in [2.75, 3.05) is 32.8 Å². The number of aliphatic hydroxyl groups is 1. The van der Waals surface area contributed by atoms with Crippen molar-refractivity contribution in [2.24, 2.45) is 5.92 Å². The molecule has 2 atom stereocenters. The summed E-state index contributed by atoms with van der Waals surface area (Å²) >= 11 is 0. The Hall–Kier alpha value is -1.99. The van der Waals surface area contributed by atoms with Crippen LogP contribution in [0.15, 0.2) is 22.7 Å². The molecular formula is C20H30FN3O3. The number of halogens is 1. The predicted octanol–water partition coefficient (Wildman–Crippen LogP) is 2.92. The van der Waals surface area contributed by atoms with Crippen LogP contribution in [0.4, 0.5) is 4.39 Å². The lowest BCUT2D eigenvalue weighted by Crippen LogP contribution is -2.40. The van der Waals surface area contributed by atoms with Crippen LogP contribution >= 0.6 is 0 Å². The lowest BCUT2D eigenvalue weighted by Gasteiger charge is -2.24. The molecule has 6 nitrogen and oxygen atoms in total. The highest BCUT2D eigenvalue weighted by molar-refractivity contribution is 5.80. The number of aromatic nitrogens is 1. The molecule has 1 heterocycles. The number of amides is 1. The molecule has 27 heavy (non-hydrogen) atoms. The molecule has 0 aliphatic heterocycles. The summed E-state index contributed by atoms with van der Waals surface area (Å²) < 4.78 is 18.6. The van der Waals surface area contributed by atoms with Gasteiger partial charge in [-0.15, -0.1) is 0 Å². The van der Waals surface area contributed by atoms with E-state index >= 15 is 0 Å². The minimum Gasteiger partial charge on any atom is -0.396 e. The van der Waals surface area contributed by atoms with Crippen molar-refractivity contribution in [2.45, 2.75) is 39.5 Å². The van der Waals surface area contributed by atoms with E-state index in [4.69, 9.17) is 9.63 Å². The summed E-state index contributed by atoms with van der Waals surface area (Å²) in [5, 5.41) is 17.5. The number of fused-ring (bicyclic) bond motifs is 1. The standard InChI is InChI=1S/C20H30FN3O3/c1-4-15(19-17-7-6-16(21)12-18(17)27-23-19)8-9-22-10-11-24(5-2)20(26)14(3)13-25/h6-7,12,14-15,22,25H,4-5,8-11,13H2,1-3H3. The summed E-state index contributed by atoms with van der Waals surface area (Å²) in [7, 11) is 0. The maximum atomic E-state index is 13.3. The largest absolute Gasteiger partial charge is 0.396 e. The van der Waals surface area contributed by atoms with E-state index in [1.165, 1.54) is 12.1 Å². The Kier molecular flexibility index (Phi) is 8.19. The van der Waals surface area contributed by atoms with Crippen LogP contribution < -0.4 is 5.32 Å². The van der Waals surface area contributed by atoms with E-state index in [2.05, 4.69) is 17.4 Å². The summed E-state index contributed by atoms with van der Waals surface area (Å²) in [5.74, 6) is -0.484. The van der Waals surface area contributed by atoms with Gasteiger partial charge in [0.15, 0.2) is 5.58 Å². The van der Waals surface area contributed by atoms with Gasteiger partial charge in [0.1, 0.15) is 5.82 Å². The Morgan fingerprint density at radius 2 is 2.15 bits per heavy atom. The van der Waals surface area contributed by atoms with E-state index in [9.17, 15) is 9.18 Å². The number of carbonyl (C=O) groups excluding carboxylic acids is 1. The zero-order chi connectivity index (χ0) is 19.8. The number of benzene rings is 1. The molecule has 0 radical (unpaired) electrons. The molecule has 0 saturated carbocycles. The molecule has 1 amide bonds. The number of rotatable bonds is 11. The number of hydrogen-bond acceptors (Lipinski definition) is 5. The van der Waals surface area contributed by atoms with Gasteiger partial charge < -0.3 is 19.8 Å². The SMILES string of the molecule is CCC(CCNCCN(CC)C(=O)C(C)CO)c1noc2cc(F)ccc12.